The third kappa shape index (κ3) is 8.26. The van der Waals surface area contributed by atoms with Gasteiger partial charge in [0.1, 0.15) is 12.3 Å². The number of hydrogen-bond acceptors (Lipinski definition) is 6. The maximum absolute atomic E-state index is 12.3. The molecular formula is C24H22Cl2N4O5S. The molecule has 0 bridgehead atoms. The van der Waals surface area contributed by atoms with Gasteiger partial charge < -0.3 is 10.1 Å². The SMILES string of the molecule is CS(=O)(=O)N(CC(=O)N/N=C\c1ccc(OCC(=O)Nc2ccccc2Cl)cc1)c1cccc(Cl)c1. The second kappa shape index (κ2) is 12.4. The van der Waals surface area contributed by atoms with Gasteiger partial charge in [0.2, 0.25) is 10.0 Å². The van der Waals surface area contributed by atoms with Crippen molar-refractivity contribution >= 4 is 62.6 Å². The van der Waals surface area contributed by atoms with E-state index in [9.17, 15) is 18.0 Å². The van der Waals surface area contributed by atoms with Crippen molar-refractivity contribution in [3.63, 3.8) is 0 Å². The fourth-order valence-corrected chi connectivity index (χ4v) is 4.14. The van der Waals surface area contributed by atoms with Crippen LogP contribution in [0.1, 0.15) is 5.56 Å². The lowest BCUT2D eigenvalue weighted by atomic mass is 10.2. The number of para-hydroxylation sites is 1. The normalized spacial score (nSPS) is 11.2. The van der Waals surface area contributed by atoms with Gasteiger partial charge in [-0.25, -0.2) is 13.8 Å². The van der Waals surface area contributed by atoms with Gasteiger partial charge in [0.25, 0.3) is 11.8 Å². The van der Waals surface area contributed by atoms with Crippen LogP contribution in [0.15, 0.2) is 77.9 Å². The van der Waals surface area contributed by atoms with Crippen LogP contribution < -0.4 is 19.8 Å². The van der Waals surface area contributed by atoms with E-state index in [0.29, 0.717) is 27.0 Å². The van der Waals surface area contributed by atoms with Crippen LogP contribution in [-0.4, -0.2) is 45.9 Å². The minimum absolute atomic E-state index is 0.210. The first-order chi connectivity index (χ1) is 17.1. The maximum atomic E-state index is 12.3. The van der Waals surface area contributed by atoms with E-state index in [1.54, 1.807) is 60.7 Å². The molecule has 3 aromatic carbocycles. The number of nitrogens with one attached hydrogen (secondary N) is 2. The largest absolute Gasteiger partial charge is 0.484 e. The van der Waals surface area contributed by atoms with Gasteiger partial charge in [-0.1, -0.05) is 41.4 Å². The Balaban J connectivity index is 1.50. The van der Waals surface area contributed by atoms with Crippen molar-refractivity contribution < 1.29 is 22.7 Å². The van der Waals surface area contributed by atoms with Crippen LogP contribution >= 0.6 is 23.2 Å². The lowest BCUT2D eigenvalue weighted by Gasteiger charge is -2.21. The van der Waals surface area contributed by atoms with E-state index in [0.717, 1.165) is 10.6 Å². The molecule has 0 aromatic heterocycles. The van der Waals surface area contributed by atoms with Crippen LogP contribution in [0.5, 0.6) is 5.75 Å². The number of rotatable bonds is 10. The van der Waals surface area contributed by atoms with Crippen LogP contribution in [0.4, 0.5) is 11.4 Å². The first-order valence-electron chi connectivity index (χ1n) is 10.4. The van der Waals surface area contributed by atoms with E-state index in [1.165, 1.54) is 18.3 Å². The number of anilines is 2. The number of benzene rings is 3. The van der Waals surface area contributed by atoms with Crippen LogP contribution in [0.3, 0.4) is 0 Å². The van der Waals surface area contributed by atoms with Crippen molar-refractivity contribution in [3.8, 4) is 5.75 Å². The molecule has 0 aliphatic rings. The monoisotopic (exact) mass is 548 g/mol. The summed E-state index contributed by atoms with van der Waals surface area (Å²) < 4.78 is 30.6. The van der Waals surface area contributed by atoms with E-state index < -0.39 is 22.5 Å². The second-order valence-corrected chi connectivity index (χ2v) is 10.2. The lowest BCUT2D eigenvalue weighted by Crippen LogP contribution is -2.39. The van der Waals surface area contributed by atoms with Gasteiger partial charge in [-0.2, -0.15) is 5.10 Å². The molecule has 0 radical (unpaired) electrons. The summed E-state index contributed by atoms with van der Waals surface area (Å²) in [6.45, 7) is -0.683. The maximum Gasteiger partial charge on any atom is 0.262 e. The van der Waals surface area contributed by atoms with Crippen molar-refractivity contribution in [2.75, 3.05) is 29.0 Å². The highest BCUT2D eigenvalue weighted by molar-refractivity contribution is 7.92. The van der Waals surface area contributed by atoms with Crippen molar-refractivity contribution in [1.82, 2.24) is 5.43 Å². The molecule has 0 saturated carbocycles. The average molecular weight is 549 g/mol. The van der Waals surface area contributed by atoms with Crippen LogP contribution in [-0.2, 0) is 19.6 Å². The Morgan fingerprint density at radius 3 is 2.39 bits per heavy atom. The first-order valence-corrected chi connectivity index (χ1v) is 13.0. The molecule has 0 aliphatic heterocycles. The van der Waals surface area contributed by atoms with Crippen molar-refractivity contribution in [1.29, 1.82) is 0 Å². The first kappa shape index (κ1) is 27.0. The minimum atomic E-state index is -3.73. The number of nitrogens with zero attached hydrogens (tertiary/aromatic N) is 2. The van der Waals surface area contributed by atoms with Gasteiger partial charge in [-0.05, 0) is 60.2 Å². The highest BCUT2D eigenvalue weighted by Crippen LogP contribution is 2.22. The third-order valence-corrected chi connectivity index (χ3v) is 6.29. The van der Waals surface area contributed by atoms with Crippen LogP contribution in [0.2, 0.25) is 10.0 Å². The number of halogens is 2. The zero-order valence-electron chi connectivity index (χ0n) is 19.0. The summed E-state index contributed by atoms with van der Waals surface area (Å²) >= 11 is 11.9. The molecule has 0 atom stereocenters. The second-order valence-electron chi connectivity index (χ2n) is 7.43. The summed E-state index contributed by atoms with van der Waals surface area (Å²) in [5.41, 5.74) is 3.69. The van der Waals surface area contributed by atoms with E-state index in [2.05, 4.69) is 15.8 Å². The van der Waals surface area contributed by atoms with E-state index in [4.69, 9.17) is 27.9 Å². The number of hydrogen-bond donors (Lipinski definition) is 2. The van der Waals surface area contributed by atoms with Crippen LogP contribution in [0.25, 0.3) is 0 Å². The summed E-state index contributed by atoms with van der Waals surface area (Å²) in [4.78, 5) is 24.3. The summed E-state index contributed by atoms with van der Waals surface area (Å²) in [5.74, 6) is -0.547. The Morgan fingerprint density at radius 2 is 1.72 bits per heavy atom. The zero-order valence-corrected chi connectivity index (χ0v) is 21.3. The molecule has 0 aliphatic carbocycles. The Labute approximate surface area is 218 Å². The Hall–Kier alpha value is -3.60. The Bertz CT molecular complexity index is 1360. The molecule has 188 valence electrons. The summed E-state index contributed by atoms with van der Waals surface area (Å²) in [6, 6.07) is 19.7. The predicted octanol–water partition coefficient (Wildman–Crippen LogP) is 3.93. The van der Waals surface area contributed by atoms with Gasteiger partial charge in [-0.15, -0.1) is 0 Å². The quantitative estimate of drug-likeness (QED) is 0.294. The van der Waals surface area contributed by atoms with Crippen molar-refractivity contribution in [2.45, 2.75) is 0 Å². The molecular weight excluding hydrogens is 527 g/mol. The van der Waals surface area contributed by atoms with Crippen LogP contribution in [0, 0.1) is 0 Å². The molecule has 9 nitrogen and oxygen atoms in total. The molecule has 3 aromatic rings. The molecule has 12 heteroatoms. The van der Waals surface area contributed by atoms with Gasteiger partial charge in [0, 0.05) is 5.02 Å². The van der Waals surface area contributed by atoms with Gasteiger partial charge in [0.05, 0.1) is 28.9 Å². The molecule has 0 spiro atoms. The molecule has 36 heavy (non-hydrogen) atoms. The standard InChI is InChI=1S/C24H22Cl2N4O5S/c1-36(33,34)30(19-6-4-5-18(25)13-19)15-23(31)29-27-14-17-9-11-20(12-10-17)35-16-24(32)28-22-8-3-2-7-21(22)26/h2-14H,15-16H2,1H3,(H,28,32)(H,29,31)/b27-14-. The Morgan fingerprint density at radius 1 is 1.00 bits per heavy atom. The summed E-state index contributed by atoms with van der Waals surface area (Å²) in [7, 11) is -3.73. The highest BCUT2D eigenvalue weighted by Gasteiger charge is 2.20. The molecule has 0 saturated heterocycles. The van der Waals surface area contributed by atoms with Crippen molar-refractivity contribution in [2.24, 2.45) is 5.10 Å². The number of ether oxygens (including phenoxy) is 1. The third-order valence-electron chi connectivity index (χ3n) is 4.58. The minimum Gasteiger partial charge on any atom is -0.484 e. The fraction of sp³-hybridized carbons (Fsp3) is 0.125. The van der Waals surface area contributed by atoms with Gasteiger partial charge in [0.15, 0.2) is 6.61 Å². The number of sulfonamides is 1. The Kier molecular flexibility index (Phi) is 9.29. The molecule has 0 fully saturated rings. The van der Waals surface area contributed by atoms with E-state index in [-0.39, 0.29) is 18.2 Å². The van der Waals surface area contributed by atoms with E-state index in [1.807, 2.05) is 0 Å². The zero-order chi connectivity index (χ0) is 26.1. The summed E-state index contributed by atoms with van der Waals surface area (Å²) in [6.07, 6.45) is 2.38. The number of amides is 2. The average Bonchev–Trinajstić information content (AvgIpc) is 2.83. The molecule has 3 rings (SSSR count). The summed E-state index contributed by atoms with van der Waals surface area (Å²) in [5, 5.41) is 7.29. The molecule has 0 unspecified atom stereocenters. The molecule has 2 amide bonds. The molecule has 2 N–H and O–H groups in total. The smallest absolute Gasteiger partial charge is 0.262 e. The highest BCUT2D eigenvalue weighted by atomic mass is 35.5. The lowest BCUT2D eigenvalue weighted by molar-refractivity contribution is -0.119. The topological polar surface area (TPSA) is 117 Å². The van der Waals surface area contributed by atoms with Gasteiger partial charge >= 0.3 is 0 Å². The number of hydrazone groups is 1. The fourth-order valence-electron chi connectivity index (χ4n) is 2.92. The molecule has 0 heterocycles. The van der Waals surface area contributed by atoms with E-state index >= 15 is 0 Å². The van der Waals surface area contributed by atoms with Crippen molar-refractivity contribution in [3.05, 3.63) is 88.4 Å². The number of carbonyl (C=O) groups excluding carboxylic acids is 2. The van der Waals surface area contributed by atoms with Gasteiger partial charge in [-0.3, -0.25) is 13.9 Å². The predicted molar refractivity (Wildman–Crippen MR) is 141 cm³/mol. The number of carbonyl (C=O) groups is 2.